The maximum Gasteiger partial charge on any atom is 0.245 e. The Balaban J connectivity index is 2.74. The van der Waals surface area contributed by atoms with Crippen molar-refractivity contribution in [3.8, 4) is 0 Å². The topological polar surface area (TPSA) is 98.7 Å². The zero-order valence-corrected chi connectivity index (χ0v) is 15.7. The average Bonchev–Trinajstić information content (AvgIpc) is 3.12. The number of carbonyl (C=O) groups excluding carboxylic acids is 3. The molecule has 1 saturated heterocycles. The third-order valence-electron chi connectivity index (χ3n) is 4.73. The molecule has 144 valence electrons. The van der Waals surface area contributed by atoms with Crippen LogP contribution in [-0.2, 0) is 14.4 Å². The SMILES string of the molecule is CCCCCC(CC(=O)NO)C(=O)NC(C(=O)N1CCCC1)C(C)C. The monoisotopic (exact) mass is 355 g/mol. The van der Waals surface area contributed by atoms with Gasteiger partial charge in [0, 0.05) is 25.4 Å². The van der Waals surface area contributed by atoms with Gasteiger partial charge < -0.3 is 10.2 Å². The molecule has 7 heteroatoms. The van der Waals surface area contributed by atoms with E-state index < -0.39 is 17.9 Å². The molecular formula is C18H33N3O4. The van der Waals surface area contributed by atoms with Crippen molar-refractivity contribution in [1.29, 1.82) is 0 Å². The van der Waals surface area contributed by atoms with Gasteiger partial charge in [0.15, 0.2) is 0 Å². The zero-order chi connectivity index (χ0) is 18.8. The van der Waals surface area contributed by atoms with Gasteiger partial charge in [-0.05, 0) is 25.2 Å². The highest BCUT2D eigenvalue weighted by molar-refractivity contribution is 5.90. The highest BCUT2D eigenvalue weighted by atomic mass is 16.5. The van der Waals surface area contributed by atoms with Crippen LogP contribution in [0.25, 0.3) is 0 Å². The molecule has 1 aliphatic heterocycles. The zero-order valence-electron chi connectivity index (χ0n) is 15.7. The van der Waals surface area contributed by atoms with E-state index in [1.54, 1.807) is 10.4 Å². The van der Waals surface area contributed by atoms with Crippen LogP contribution in [0.5, 0.6) is 0 Å². The summed E-state index contributed by atoms with van der Waals surface area (Å²) in [4.78, 5) is 38.7. The van der Waals surface area contributed by atoms with Gasteiger partial charge in [0.1, 0.15) is 6.04 Å². The van der Waals surface area contributed by atoms with Crippen molar-refractivity contribution >= 4 is 17.7 Å². The molecule has 0 radical (unpaired) electrons. The summed E-state index contributed by atoms with van der Waals surface area (Å²) in [7, 11) is 0. The fraction of sp³-hybridized carbons (Fsp3) is 0.833. The number of hydroxylamine groups is 1. The Morgan fingerprint density at radius 2 is 1.76 bits per heavy atom. The van der Waals surface area contributed by atoms with E-state index in [4.69, 9.17) is 5.21 Å². The molecule has 25 heavy (non-hydrogen) atoms. The Bertz CT molecular complexity index is 448. The van der Waals surface area contributed by atoms with Crippen LogP contribution in [0.2, 0.25) is 0 Å². The smallest absolute Gasteiger partial charge is 0.245 e. The lowest BCUT2D eigenvalue weighted by atomic mass is 9.94. The summed E-state index contributed by atoms with van der Waals surface area (Å²) in [6, 6.07) is -0.573. The van der Waals surface area contributed by atoms with Crippen LogP contribution in [0.1, 0.15) is 65.7 Å². The number of hydrogen-bond donors (Lipinski definition) is 3. The maximum absolute atomic E-state index is 12.7. The molecule has 2 atom stereocenters. The summed E-state index contributed by atoms with van der Waals surface area (Å²) in [5.74, 6) is -1.47. The van der Waals surface area contributed by atoms with Crippen molar-refractivity contribution in [2.24, 2.45) is 11.8 Å². The Morgan fingerprint density at radius 3 is 2.28 bits per heavy atom. The number of nitrogens with one attached hydrogen (secondary N) is 2. The maximum atomic E-state index is 12.7. The van der Waals surface area contributed by atoms with Gasteiger partial charge in [-0.25, -0.2) is 5.48 Å². The van der Waals surface area contributed by atoms with Crippen LogP contribution in [0, 0.1) is 11.8 Å². The van der Waals surface area contributed by atoms with Gasteiger partial charge >= 0.3 is 0 Å². The molecule has 0 aromatic carbocycles. The Labute approximate surface area is 150 Å². The largest absolute Gasteiger partial charge is 0.344 e. The minimum absolute atomic E-state index is 0.0278. The van der Waals surface area contributed by atoms with Crippen molar-refractivity contribution in [2.75, 3.05) is 13.1 Å². The van der Waals surface area contributed by atoms with Gasteiger partial charge in [-0.3, -0.25) is 19.6 Å². The van der Waals surface area contributed by atoms with E-state index >= 15 is 0 Å². The number of likely N-dealkylation sites (tertiary alicyclic amines) is 1. The lowest BCUT2D eigenvalue weighted by molar-refractivity contribution is -0.139. The summed E-state index contributed by atoms with van der Waals surface area (Å²) in [5.41, 5.74) is 1.59. The van der Waals surface area contributed by atoms with E-state index in [2.05, 4.69) is 12.2 Å². The van der Waals surface area contributed by atoms with E-state index in [0.717, 1.165) is 45.2 Å². The minimum Gasteiger partial charge on any atom is -0.344 e. The summed E-state index contributed by atoms with van der Waals surface area (Å²) in [6.07, 6.45) is 5.32. The molecule has 1 aliphatic rings. The predicted octanol–water partition coefficient (Wildman–Crippen LogP) is 1.84. The highest BCUT2D eigenvalue weighted by Crippen LogP contribution is 2.17. The standard InChI is InChI=1S/C18H33N3O4/c1-4-5-6-9-14(12-15(22)20-25)17(23)19-16(13(2)3)18(24)21-10-7-8-11-21/h13-14,16,25H,4-12H2,1-3H3,(H,19,23)(H,20,22). The Morgan fingerprint density at radius 1 is 1.12 bits per heavy atom. The van der Waals surface area contributed by atoms with Gasteiger partial charge in [-0.2, -0.15) is 0 Å². The van der Waals surface area contributed by atoms with E-state index in [1.165, 1.54) is 0 Å². The molecule has 0 spiro atoms. The molecule has 1 fully saturated rings. The molecule has 3 amide bonds. The van der Waals surface area contributed by atoms with Gasteiger partial charge in [-0.15, -0.1) is 0 Å². The first kappa shape index (κ1) is 21.4. The van der Waals surface area contributed by atoms with E-state index in [9.17, 15) is 14.4 Å². The Hall–Kier alpha value is -1.63. The van der Waals surface area contributed by atoms with E-state index in [1.807, 2.05) is 13.8 Å². The van der Waals surface area contributed by atoms with Crippen LogP contribution in [0.15, 0.2) is 0 Å². The van der Waals surface area contributed by atoms with Crippen LogP contribution < -0.4 is 10.8 Å². The fourth-order valence-corrected chi connectivity index (χ4v) is 3.15. The van der Waals surface area contributed by atoms with Crippen LogP contribution in [-0.4, -0.2) is 47.0 Å². The first-order chi connectivity index (χ1) is 11.9. The van der Waals surface area contributed by atoms with Crippen molar-refractivity contribution < 1.29 is 19.6 Å². The molecule has 0 saturated carbocycles. The molecular weight excluding hydrogens is 322 g/mol. The second-order valence-electron chi connectivity index (χ2n) is 7.19. The van der Waals surface area contributed by atoms with Gasteiger partial charge in [0.25, 0.3) is 0 Å². The number of carbonyl (C=O) groups is 3. The Kier molecular flexibility index (Phi) is 9.49. The number of hydrogen-bond acceptors (Lipinski definition) is 4. The number of rotatable bonds is 10. The quantitative estimate of drug-likeness (QED) is 0.316. The second-order valence-corrected chi connectivity index (χ2v) is 7.19. The van der Waals surface area contributed by atoms with Crippen LogP contribution in [0.3, 0.4) is 0 Å². The molecule has 7 nitrogen and oxygen atoms in total. The molecule has 1 rings (SSSR count). The minimum atomic E-state index is -0.580. The summed E-state index contributed by atoms with van der Waals surface area (Å²) >= 11 is 0. The van der Waals surface area contributed by atoms with E-state index in [-0.39, 0.29) is 24.2 Å². The number of nitrogens with zero attached hydrogens (tertiary/aromatic N) is 1. The number of unbranched alkanes of at least 4 members (excludes halogenated alkanes) is 2. The number of amides is 3. The molecule has 3 N–H and O–H groups in total. The van der Waals surface area contributed by atoms with Crippen LogP contribution >= 0.6 is 0 Å². The third kappa shape index (κ3) is 7.02. The average molecular weight is 355 g/mol. The van der Waals surface area contributed by atoms with E-state index in [0.29, 0.717) is 6.42 Å². The second kappa shape index (κ2) is 11.1. The van der Waals surface area contributed by atoms with Crippen LogP contribution in [0.4, 0.5) is 0 Å². The fourth-order valence-electron chi connectivity index (χ4n) is 3.15. The van der Waals surface area contributed by atoms with Crippen molar-refractivity contribution in [1.82, 2.24) is 15.7 Å². The molecule has 0 aromatic heterocycles. The summed E-state index contributed by atoms with van der Waals surface area (Å²) in [6.45, 7) is 7.37. The molecule has 2 unspecified atom stereocenters. The summed E-state index contributed by atoms with van der Waals surface area (Å²) in [5, 5.41) is 11.6. The van der Waals surface area contributed by atoms with Gasteiger partial charge in [-0.1, -0.05) is 40.0 Å². The lowest BCUT2D eigenvalue weighted by Gasteiger charge is -2.28. The first-order valence-corrected chi connectivity index (χ1v) is 9.42. The van der Waals surface area contributed by atoms with Crippen molar-refractivity contribution in [2.45, 2.75) is 71.8 Å². The normalized spacial score (nSPS) is 16.6. The van der Waals surface area contributed by atoms with Crippen molar-refractivity contribution in [3.05, 3.63) is 0 Å². The lowest BCUT2D eigenvalue weighted by Crippen LogP contribution is -2.52. The third-order valence-corrected chi connectivity index (χ3v) is 4.73. The van der Waals surface area contributed by atoms with Gasteiger partial charge in [0.2, 0.25) is 17.7 Å². The van der Waals surface area contributed by atoms with Crippen molar-refractivity contribution in [3.63, 3.8) is 0 Å². The van der Waals surface area contributed by atoms with Gasteiger partial charge in [0.05, 0.1) is 0 Å². The highest BCUT2D eigenvalue weighted by Gasteiger charge is 2.32. The predicted molar refractivity (Wildman–Crippen MR) is 94.8 cm³/mol. The molecule has 0 aliphatic carbocycles. The molecule has 1 heterocycles. The molecule has 0 bridgehead atoms. The summed E-state index contributed by atoms with van der Waals surface area (Å²) < 4.78 is 0. The molecule has 0 aromatic rings. The first-order valence-electron chi connectivity index (χ1n) is 9.42.